The fraction of sp³-hybridized carbons (Fsp3) is 0.185. The molecule has 0 bridgehead atoms. The third-order valence-corrected chi connectivity index (χ3v) is 6.25. The number of ketones is 1. The number of carbonyl (C=O) groups is 2. The topological polar surface area (TPSA) is 85.3 Å². The van der Waals surface area contributed by atoms with E-state index in [1.165, 1.54) is 38.4 Å². The molecule has 9 heteroatoms. The fourth-order valence-corrected chi connectivity index (χ4v) is 4.40. The summed E-state index contributed by atoms with van der Waals surface area (Å²) in [7, 11) is 4.37. The Morgan fingerprint density at radius 1 is 0.917 bits per heavy atom. The maximum atomic E-state index is 13.9. The second-order valence-corrected chi connectivity index (χ2v) is 8.49. The van der Waals surface area contributed by atoms with Crippen LogP contribution in [0.2, 0.25) is 5.02 Å². The molecule has 1 amide bonds. The van der Waals surface area contributed by atoms with Gasteiger partial charge < -0.3 is 19.3 Å². The molecule has 0 radical (unpaired) electrons. The van der Waals surface area contributed by atoms with E-state index in [1.807, 2.05) is 6.92 Å². The lowest BCUT2D eigenvalue weighted by Crippen LogP contribution is -2.29. The maximum absolute atomic E-state index is 13.9. The van der Waals surface area contributed by atoms with Crippen molar-refractivity contribution in [2.24, 2.45) is 0 Å². The zero-order valence-electron chi connectivity index (χ0n) is 20.0. The van der Waals surface area contributed by atoms with Crippen molar-refractivity contribution in [2.75, 3.05) is 26.2 Å². The van der Waals surface area contributed by atoms with E-state index in [0.29, 0.717) is 22.8 Å². The van der Waals surface area contributed by atoms with Gasteiger partial charge in [-0.15, -0.1) is 0 Å². The van der Waals surface area contributed by atoms with Crippen molar-refractivity contribution in [3.63, 3.8) is 0 Å². The van der Waals surface area contributed by atoms with Crippen LogP contribution in [0.15, 0.2) is 60.2 Å². The van der Waals surface area contributed by atoms with Crippen molar-refractivity contribution in [2.45, 2.75) is 13.0 Å². The first-order valence-corrected chi connectivity index (χ1v) is 11.2. The highest BCUT2D eigenvalue weighted by Gasteiger charge is 2.47. The zero-order chi connectivity index (χ0) is 26.1. The second kappa shape index (κ2) is 9.91. The predicted molar refractivity (Wildman–Crippen MR) is 133 cm³/mol. The average molecular weight is 512 g/mol. The predicted octanol–water partition coefficient (Wildman–Crippen LogP) is 5.44. The van der Waals surface area contributed by atoms with Crippen LogP contribution in [0.5, 0.6) is 17.2 Å². The molecule has 0 spiro atoms. The van der Waals surface area contributed by atoms with E-state index >= 15 is 0 Å². The van der Waals surface area contributed by atoms with Crippen LogP contribution in [0, 0.1) is 12.7 Å². The molecule has 3 aromatic rings. The molecule has 3 aromatic carbocycles. The van der Waals surface area contributed by atoms with Gasteiger partial charge in [0.15, 0.2) is 11.5 Å². The van der Waals surface area contributed by atoms with Crippen molar-refractivity contribution in [1.29, 1.82) is 0 Å². The fourth-order valence-electron chi connectivity index (χ4n) is 4.22. The lowest BCUT2D eigenvalue weighted by Gasteiger charge is -2.26. The summed E-state index contributed by atoms with van der Waals surface area (Å²) in [5.41, 5.74) is 1.51. The number of halogens is 2. The summed E-state index contributed by atoms with van der Waals surface area (Å²) in [5.74, 6) is -1.81. The van der Waals surface area contributed by atoms with Crippen LogP contribution in [0.25, 0.3) is 5.76 Å². The van der Waals surface area contributed by atoms with Crippen molar-refractivity contribution < 1.29 is 33.3 Å². The van der Waals surface area contributed by atoms with E-state index in [4.69, 9.17) is 25.8 Å². The Bertz CT molecular complexity index is 1400. The van der Waals surface area contributed by atoms with Crippen molar-refractivity contribution in [3.8, 4) is 17.2 Å². The van der Waals surface area contributed by atoms with Gasteiger partial charge in [-0.05, 0) is 55.0 Å². The molecule has 0 saturated carbocycles. The zero-order valence-corrected chi connectivity index (χ0v) is 20.7. The van der Waals surface area contributed by atoms with Gasteiger partial charge in [0.2, 0.25) is 0 Å². The van der Waals surface area contributed by atoms with Crippen LogP contribution in [0.3, 0.4) is 0 Å². The number of aliphatic hydroxyl groups excluding tert-OH is 1. The van der Waals surface area contributed by atoms with Gasteiger partial charge in [-0.1, -0.05) is 29.3 Å². The Morgan fingerprint density at radius 3 is 2.22 bits per heavy atom. The minimum absolute atomic E-state index is 0.170. The molecule has 186 valence electrons. The molecule has 1 saturated heterocycles. The van der Waals surface area contributed by atoms with Crippen molar-refractivity contribution in [3.05, 3.63) is 87.7 Å². The Kier molecular flexibility index (Phi) is 6.90. The van der Waals surface area contributed by atoms with Gasteiger partial charge in [0.05, 0.1) is 43.5 Å². The number of ether oxygens (including phenoxy) is 3. The number of anilines is 1. The van der Waals surface area contributed by atoms with Gasteiger partial charge in [0.25, 0.3) is 11.7 Å². The minimum atomic E-state index is -1.09. The molecule has 1 aliphatic heterocycles. The summed E-state index contributed by atoms with van der Waals surface area (Å²) < 4.78 is 30.0. The van der Waals surface area contributed by atoms with Gasteiger partial charge in [-0.25, -0.2) is 4.39 Å². The highest BCUT2D eigenvalue weighted by atomic mass is 35.5. The van der Waals surface area contributed by atoms with E-state index < -0.39 is 29.3 Å². The minimum Gasteiger partial charge on any atom is -0.507 e. The Morgan fingerprint density at radius 2 is 1.58 bits per heavy atom. The largest absolute Gasteiger partial charge is 0.507 e. The highest BCUT2D eigenvalue weighted by Crippen LogP contribution is 2.45. The number of Topliss-reactive ketones (excluding diaryl/α,β-unsaturated/α-hetero) is 1. The number of carbonyl (C=O) groups excluding carboxylic acids is 2. The average Bonchev–Trinajstić information content (AvgIpc) is 3.15. The molecular formula is C27H23ClFNO6. The van der Waals surface area contributed by atoms with Crippen LogP contribution in [0.1, 0.15) is 22.7 Å². The number of benzene rings is 3. The summed E-state index contributed by atoms with van der Waals surface area (Å²) in [4.78, 5) is 27.9. The van der Waals surface area contributed by atoms with Crippen LogP contribution in [-0.2, 0) is 9.59 Å². The first-order chi connectivity index (χ1) is 17.2. The molecule has 1 N–H and O–H groups in total. The van der Waals surface area contributed by atoms with Crippen LogP contribution >= 0.6 is 11.6 Å². The number of aliphatic hydroxyl groups is 1. The first kappa shape index (κ1) is 25.1. The smallest absolute Gasteiger partial charge is 0.300 e. The number of aryl methyl sites for hydroxylation is 1. The van der Waals surface area contributed by atoms with Crippen LogP contribution in [-0.4, -0.2) is 38.1 Å². The summed E-state index contributed by atoms with van der Waals surface area (Å²) >= 11 is 6.00. The summed E-state index contributed by atoms with van der Waals surface area (Å²) in [6.07, 6.45) is 0. The molecule has 1 heterocycles. The van der Waals surface area contributed by atoms with Gasteiger partial charge >= 0.3 is 0 Å². The maximum Gasteiger partial charge on any atom is 0.300 e. The molecular weight excluding hydrogens is 489 g/mol. The van der Waals surface area contributed by atoms with Gasteiger partial charge in [0.1, 0.15) is 17.3 Å². The van der Waals surface area contributed by atoms with E-state index in [-0.39, 0.29) is 21.8 Å². The van der Waals surface area contributed by atoms with Gasteiger partial charge in [-0.3, -0.25) is 14.5 Å². The molecule has 1 unspecified atom stereocenters. The monoisotopic (exact) mass is 511 g/mol. The molecule has 1 fully saturated rings. The van der Waals surface area contributed by atoms with Crippen molar-refractivity contribution >= 4 is 34.7 Å². The number of hydrogen-bond donors (Lipinski definition) is 1. The quantitative estimate of drug-likeness (QED) is 0.269. The number of nitrogens with zero attached hydrogens (tertiary/aromatic N) is 1. The summed E-state index contributed by atoms with van der Waals surface area (Å²) in [6, 6.07) is 12.6. The van der Waals surface area contributed by atoms with E-state index in [2.05, 4.69) is 0 Å². The lowest BCUT2D eigenvalue weighted by atomic mass is 9.94. The summed E-state index contributed by atoms with van der Waals surface area (Å²) in [6.45, 7) is 1.82. The van der Waals surface area contributed by atoms with E-state index in [9.17, 15) is 19.1 Å². The van der Waals surface area contributed by atoms with Crippen molar-refractivity contribution in [1.82, 2.24) is 0 Å². The van der Waals surface area contributed by atoms with Gasteiger partial charge in [-0.2, -0.15) is 0 Å². The van der Waals surface area contributed by atoms with Crippen LogP contribution < -0.4 is 19.1 Å². The normalized spacial score (nSPS) is 16.8. The van der Waals surface area contributed by atoms with Gasteiger partial charge in [0, 0.05) is 5.69 Å². The third kappa shape index (κ3) is 4.24. The molecule has 7 nitrogen and oxygen atoms in total. The lowest BCUT2D eigenvalue weighted by molar-refractivity contribution is -0.132. The van der Waals surface area contributed by atoms with E-state index in [1.54, 1.807) is 36.4 Å². The molecule has 4 rings (SSSR count). The summed E-state index contributed by atoms with van der Waals surface area (Å²) in [5, 5.41) is 11.2. The standard InChI is InChI=1S/C27H23ClFNO6/c1-14-5-9-20(34-2)17(11-14)25(31)23-24(15-6-10-21(35-3)22(12-15)36-4)30(27(33)26(23)32)16-7-8-19(29)18(28)13-16/h5-13,24,31H,1-4H3/b25-23+. The molecule has 0 aliphatic carbocycles. The SMILES string of the molecule is COc1ccc(C2/C(=C(\O)c3cc(C)ccc3OC)C(=O)C(=O)N2c2ccc(F)c(Cl)c2)cc1OC. The molecule has 1 atom stereocenters. The van der Waals surface area contributed by atoms with E-state index in [0.717, 1.165) is 11.6 Å². The number of methoxy groups -OCH3 is 3. The molecule has 0 aromatic heterocycles. The Balaban J connectivity index is 2.02. The van der Waals surface area contributed by atoms with Crippen LogP contribution in [0.4, 0.5) is 10.1 Å². The Hall–Kier alpha value is -4.04. The molecule has 1 aliphatic rings. The highest BCUT2D eigenvalue weighted by molar-refractivity contribution is 6.52. The third-order valence-electron chi connectivity index (χ3n) is 5.96. The number of hydrogen-bond acceptors (Lipinski definition) is 6. The first-order valence-electron chi connectivity index (χ1n) is 10.8. The molecule has 36 heavy (non-hydrogen) atoms. The second-order valence-electron chi connectivity index (χ2n) is 8.09. The number of rotatable bonds is 6. The number of amides is 1. The Labute approximate surface area is 212 Å².